The van der Waals surface area contributed by atoms with Gasteiger partial charge in [0.25, 0.3) is 0 Å². The molecule has 22 heavy (non-hydrogen) atoms. The molecule has 2 aromatic rings. The van der Waals surface area contributed by atoms with Crippen LogP contribution in [0.15, 0.2) is 24.3 Å². The van der Waals surface area contributed by atoms with Gasteiger partial charge < -0.3 is 9.47 Å². The molecule has 1 saturated heterocycles. The number of aromatic nitrogens is 3. The van der Waals surface area contributed by atoms with E-state index in [-0.39, 0.29) is 6.10 Å². The van der Waals surface area contributed by atoms with E-state index in [0.29, 0.717) is 5.92 Å². The second kappa shape index (κ2) is 6.48. The second-order valence-corrected chi connectivity index (χ2v) is 5.99. The lowest BCUT2D eigenvalue weighted by atomic mass is 10.2. The van der Waals surface area contributed by atoms with Crippen molar-refractivity contribution in [3.8, 4) is 17.1 Å². The first-order valence-corrected chi connectivity index (χ1v) is 7.88. The van der Waals surface area contributed by atoms with Gasteiger partial charge in [-0.25, -0.2) is 9.67 Å². The maximum Gasteiger partial charge on any atom is 0.158 e. The van der Waals surface area contributed by atoms with Crippen molar-refractivity contribution in [3.05, 3.63) is 30.1 Å². The number of rotatable bonds is 5. The Morgan fingerprint density at radius 2 is 2.09 bits per heavy atom. The van der Waals surface area contributed by atoms with Crippen molar-refractivity contribution in [2.24, 2.45) is 0 Å². The summed E-state index contributed by atoms with van der Waals surface area (Å²) in [6, 6.07) is 7.96. The molecule has 1 aliphatic heterocycles. The zero-order valence-electron chi connectivity index (χ0n) is 13.5. The quantitative estimate of drug-likeness (QED) is 0.850. The summed E-state index contributed by atoms with van der Waals surface area (Å²) in [6.07, 6.45) is 2.48. The molecule has 2 heterocycles. The van der Waals surface area contributed by atoms with Gasteiger partial charge in [-0.05, 0) is 37.1 Å². The number of hydrogen-bond acceptors (Lipinski definition) is 4. The highest BCUT2D eigenvalue weighted by Gasteiger charge is 2.21. The highest BCUT2D eigenvalue weighted by Crippen LogP contribution is 2.24. The maximum atomic E-state index is 5.75. The average Bonchev–Trinajstić information content (AvgIpc) is 3.18. The molecule has 1 fully saturated rings. The Morgan fingerprint density at radius 1 is 1.32 bits per heavy atom. The minimum absolute atomic E-state index is 0.249. The van der Waals surface area contributed by atoms with Gasteiger partial charge in [0.1, 0.15) is 5.75 Å². The largest absolute Gasteiger partial charge is 0.497 e. The Kier molecular flexibility index (Phi) is 4.43. The van der Waals surface area contributed by atoms with Crippen molar-refractivity contribution in [2.75, 3.05) is 13.7 Å². The Balaban J connectivity index is 1.92. The molecule has 0 saturated carbocycles. The molecule has 1 aromatic carbocycles. The number of ether oxygens (including phenoxy) is 2. The molecule has 0 amide bonds. The molecule has 1 unspecified atom stereocenters. The van der Waals surface area contributed by atoms with Gasteiger partial charge in [0, 0.05) is 18.1 Å². The second-order valence-electron chi connectivity index (χ2n) is 5.99. The van der Waals surface area contributed by atoms with Gasteiger partial charge >= 0.3 is 0 Å². The smallest absolute Gasteiger partial charge is 0.158 e. The van der Waals surface area contributed by atoms with Crippen LogP contribution in [0, 0.1) is 0 Å². The lowest BCUT2D eigenvalue weighted by Gasteiger charge is -2.11. The third-order valence-corrected chi connectivity index (χ3v) is 3.95. The van der Waals surface area contributed by atoms with Crippen LogP contribution in [0.25, 0.3) is 11.4 Å². The van der Waals surface area contributed by atoms with Gasteiger partial charge in [0.05, 0.1) is 19.8 Å². The molecule has 5 heteroatoms. The van der Waals surface area contributed by atoms with Crippen LogP contribution >= 0.6 is 0 Å². The summed E-state index contributed by atoms with van der Waals surface area (Å²) in [6.45, 7) is 5.85. The Hall–Kier alpha value is -1.88. The number of hydrogen-bond donors (Lipinski definition) is 0. The molecule has 3 rings (SSSR count). The van der Waals surface area contributed by atoms with E-state index in [1.807, 2.05) is 28.9 Å². The van der Waals surface area contributed by atoms with Gasteiger partial charge in [-0.2, -0.15) is 5.10 Å². The van der Waals surface area contributed by atoms with E-state index in [1.54, 1.807) is 7.11 Å². The van der Waals surface area contributed by atoms with E-state index >= 15 is 0 Å². The fraction of sp³-hybridized carbons (Fsp3) is 0.529. The molecule has 0 aliphatic carbocycles. The highest BCUT2D eigenvalue weighted by atomic mass is 16.5. The molecule has 1 aliphatic rings. The standard InChI is InChI=1S/C17H23N3O2/c1-12(2)16-18-17(13-6-8-14(21-3)9-7-13)20(19-16)11-15-5-4-10-22-15/h6-9,12,15H,4-5,10-11H2,1-3H3. The lowest BCUT2D eigenvalue weighted by Crippen LogP contribution is -2.17. The van der Waals surface area contributed by atoms with Crippen molar-refractivity contribution in [1.29, 1.82) is 0 Å². The Morgan fingerprint density at radius 3 is 2.68 bits per heavy atom. The first-order chi connectivity index (χ1) is 10.7. The SMILES string of the molecule is COc1ccc(-c2nc(C(C)C)nn2CC2CCCO2)cc1. The van der Waals surface area contributed by atoms with Crippen molar-refractivity contribution in [3.63, 3.8) is 0 Å². The fourth-order valence-electron chi connectivity index (χ4n) is 2.67. The first kappa shape index (κ1) is 15.0. The molecule has 5 nitrogen and oxygen atoms in total. The third-order valence-electron chi connectivity index (χ3n) is 3.95. The summed E-state index contributed by atoms with van der Waals surface area (Å²) >= 11 is 0. The molecule has 1 aromatic heterocycles. The van der Waals surface area contributed by atoms with Gasteiger partial charge in [0.2, 0.25) is 0 Å². The fourth-order valence-corrected chi connectivity index (χ4v) is 2.67. The molecule has 0 spiro atoms. The monoisotopic (exact) mass is 301 g/mol. The van der Waals surface area contributed by atoms with Gasteiger partial charge in [-0.15, -0.1) is 0 Å². The molecular formula is C17H23N3O2. The van der Waals surface area contributed by atoms with Crippen LogP contribution in [-0.4, -0.2) is 34.6 Å². The van der Waals surface area contributed by atoms with Crippen LogP contribution in [0.1, 0.15) is 38.4 Å². The Bertz CT molecular complexity index is 613. The summed E-state index contributed by atoms with van der Waals surface area (Å²) in [5, 5.41) is 4.69. The van der Waals surface area contributed by atoms with Gasteiger partial charge in [-0.1, -0.05) is 13.8 Å². The lowest BCUT2D eigenvalue weighted by molar-refractivity contribution is 0.0942. The molecule has 0 bridgehead atoms. The normalized spacial score (nSPS) is 18.1. The summed E-state index contributed by atoms with van der Waals surface area (Å²) in [4.78, 5) is 4.73. The zero-order valence-corrected chi connectivity index (χ0v) is 13.5. The topological polar surface area (TPSA) is 49.2 Å². The van der Waals surface area contributed by atoms with Crippen molar-refractivity contribution in [1.82, 2.24) is 14.8 Å². The van der Waals surface area contributed by atoms with Gasteiger partial charge in [0.15, 0.2) is 11.6 Å². The number of benzene rings is 1. The average molecular weight is 301 g/mol. The van der Waals surface area contributed by atoms with Crippen molar-refractivity contribution < 1.29 is 9.47 Å². The summed E-state index contributed by atoms with van der Waals surface area (Å²) < 4.78 is 13.0. The van der Waals surface area contributed by atoms with E-state index < -0.39 is 0 Å². The molecule has 0 radical (unpaired) electrons. The van der Waals surface area contributed by atoms with E-state index in [4.69, 9.17) is 14.5 Å². The van der Waals surface area contributed by atoms with Crippen LogP contribution in [0.3, 0.4) is 0 Å². The Labute approximate surface area is 131 Å². The maximum absolute atomic E-state index is 5.75. The van der Waals surface area contributed by atoms with Crippen LogP contribution in [0.5, 0.6) is 5.75 Å². The van der Waals surface area contributed by atoms with E-state index in [0.717, 1.165) is 49.0 Å². The minimum atomic E-state index is 0.249. The highest BCUT2D eigenvalue weighted by molar-refractivity contribution is 5.56. The zero-order chi connectivity index (χ0) is 15.5. The van der Waals surface area contributed by atoms with Crippen molar-refractivity contribution in [2.45, 2.75) is 45.3 Å². The summed E-state index contributed by atoms with van der Waals surface area (Å²) in [7, 11) is 1.67. The number of nitrogens with zero attached hydrogens (tertiary/aromatic N) is 3. The van der Waals surface area contributed by atoms with Crippen LogP contribution in [0.2, 0.25) is 0 Å². The van der Waals surface area contributed by atoms with E-state index in [2.05, 4.69) is 18.9 Å². The van der Waals surface area contributed by atoms with Crippen LogP contribution < -0.4 is 4.74 Å². The number of methoxy groups -OCH3 is 1. The van der Waals surface area contributed by atoms with Gasteiger partial charge in [-0.3, -0.25) is 0 Å². The summed E-state index contributed by atoms with van der Waals surface area (Å²) in [5.74, 6) is 2.94. The van der Waals surface area contributed by atoms with Crippen LogP contribution in [0.4, 0.5) is 0 Å². The molecule has 1 atom stereocenters. The van der Waals surface area contributed by atoms with Crippen molar-refractivity contribution >= 4 is 0 Å². The third kappa shape index (κ3) is 3.14. The molecule has 118 valence electrons. The minimum Gasteiger partial charge on any atom is -0.497 e. The van der Waals surface area contributed by atoms with E-state index in [9.17, 15) is 0 Å². The predicted octanol–water partition coefficient (Wildman–Crippen LogP) is 3.26. The predicted molar refractivity (Wildman–Crippen MR) is 85.1 cm³/mol. The first-order valence-electron chi connectivity index (χ1n) is 7.88. The summed E-state index contributed by atoms with van der Waals surface area (Å²) in [5.41, 5.74) is 1.05. The molecule has 0 N–H and O–H groups in total. The van der Waals surface area contributed by atoms with E-state index in [1.165, 1.54) is 0 Å². The van der Waals surface area contributed by atoms with Crippen LogP contribution in [-0.2, 0) is 11.3 Å². The molecular weight excluding hydrogens is 278 g/mol.